The van der Waals surface area contributed by atoms with Crippen LogP contribution in [0.1, 0.15) is 18.0 Å². The lowest BCUT2D eigenvalue weighted by Gasteiger charge is -2.13. The molecular weight excluding hydrogens is 166 g/mol. The van der Waals surface area contributed by atoms with E-state index in [4.69, 9.17) is 22.3 Å². The zero-order valence-electron chi connectivity index (χ0n) is 7.40. The van der Waals surface area contributed by atoms with E-state index in [2.05, 4.69) is 0 Å². The van der Waals surface area contributed by atoms with Gasteiger partial charge in [-0.15, -0.1) is 0 Å². The fourth-order valence-corrected chi connectivity index (χ4v) is 1.21. The molecule has 0 aromatic heterocycles. The van der Waals surface area contributed by atoms with Gasteiger partial charge in [0.25, 0.3) is 0 Å². The van der Waals surface area contributed by atoms with E-state index in [1.54, 1.807) is 18.2 Å². The SMILES string of the molecule is Nc1ccc(N)c([C@H](N)CCO)c1. The van der Waals surface area contributed by atoms with Crippen LogP contribution in [0.4, 0.5) is 11.4 Å². The first kappa shape index (κ1) is 9.83. The van der Waals surface area contributed by atoms with Crippen LogP contribution in [-0.2, 0) is 0 Å². The van der Waals surface area contributed by atoms with Gasteiger partial charge in [-0.05, 0) is 30.2 Å². The minimum absolute atomic E-state index is 0.0510. The molecule has 7 N–H and O–H groups in total. The van der Waals surface area contributed by atoms with Crippen LogP contribution in [0.15, 0.2) is 18.2 Å². The number of aliphatic hydroxyl groups is 1. The van der Waals surface area contributed by atoms with Crippen molar-refractivity contribution in [2.24, 2.45) is 5.73 Å². The number of nitrogen functional groups attached to an aromatic ring is 2. The van der Waals surface area contributed by atoms with Crippen LogP contribution in [0.25, 0.3) is 0 Å². The maximum absolute atomic E-state index is 8.71. The molecule has 0 bridgehead atoms. The zero-order chi connectivity index (χ0) is 9.84. The van der Waals surface area contributed by atoms with Crippen molar-refractivity contribution >= 4 is 11.4 Å². The number of benzene rings is 1. The highest BCUT2D eigenvalue weighted by molar-refractivity contribution is 5.56. The molecule has 0 aliphatic carbocycles. The van der Waals surface area contributed by atoms with Crippen molar-refractivity contribution in [3.8, 4) is 0 Å². The van der Waals surface area contributed by atoms with Crippen LogP contribution in [0.3, 0.4) is 0 Å². The van der Waals surface area contributed by atoms with Crippen LogP contribution in [0, 0.1) is 0 Å². The molecule has 0 unspecified atom stereocenters. The van der Waals surface area contributed by atoms with Gasteiger partial charge in [0.15, 0.2) is 0 Å². The van der Waals surface area contributed by atoms with Crippen LogP contribution in [0.5, 0.6) is 0 Å². The predicted molar refractivity (Wildman–Crippen MR) is 53.9 cm³/mol. The summed E-state index contributed by atoms with van der Waals surface area (Å²) in [6, 6.07) is 4.95. The molecule has 13 heavy (non-hydrogen) atoms. The average Bonchev–Trinajstić information content (AvgIpc) is 2.09. The molecule has 1 aromatic rings. The molecule has 0 saturated heterocycles. The molecule has 0 saturated carbocycles. The van der Waals surface area contributed by atoms with Crippen molar-refractivity contribution in [3.05, 3.63) is 23.8 Å². The second-order valence-electron chi connectivity index (χ2n) is 3.01. The van der Waals surface area contributed by atoms with Gasteiger partial charge in [-0.2, -0.15) is 0 Å². The van der Waals surface area contributed by atoms with Gasteiger partial charge < -0.3 is 22.3 Å². The van der Waals surface area contributed by atoms with Gasteiger partial charge >= 0.3 is 0 Å². The highest BCUT2D eigenvalue weighted by Gasteiger charge is 2.08. The van der Waals surface area contributed by atoms with E-state index in [1.165, 1.54) is 0 Å². The summed E-state index contributed by atoms with van der Waals surface area (Å²) < 4.78 is 0. The van der Waals surface area contributed by atoms with E-state index < -0.39 is 0 Å². The maximum Gasteiger partial charge on any atom is 0.0449 e. The Bertz CT molecular complexity index is 288. The molecule has 1 atom stereocenters. The number of hydrogen-bond acceptors (Lipinski definition) is 4. The molecule has 0 aliphatic rings. The summed E-state index contributed by atoms with van der Waals surface area (Å²) in [6.07, 6.45) is 0.494. The third kappa shape index (κ3) is 2.34. The van der Waals surface area contributed by atoms with Gasteiger partial charge in [0, 0.05) is 24.0 Å². The molecular formula is C9H15N3O. The van der Waals surface area contributed by atoms with Crippen molar-refractivity contribution in [1.82, 2.24) is 0 Å². The highest BCUT2D eigenvalue weighted by Crippen LogP contribution is 2.23. The molecule has 1 aromatic carbocycles. The first-order valence-corrected chi connectivity index (χ1v) is 4.16. The second-order valence-corrected chi connectivity index (χ2v) is 3.01. The van der Waals surface area contributed by atoms with Crippen molar-refractivity contribution in [1.29, 1.82) is 0 Å². The third-order valence-corrected chi connectivity index (χ3v) is 1.95. The molecule has 0 spiro atoms. The fourth-order valence-electron chi connectivity index (χ4n) is 1.21. The lowest BCUT2D eigenvalue weighted by atomic mass is 10.0. The number of nitrogens with two attached hydrogens (primary N) is 3. The maximum atomic E-state index is 8.71. The van der Waals surface area contributed by atoms with Gasteiger partial charge in [-0.25, -0.2) is 0 Å². The Morgan fingerprint density at radius 3 is 2.62 bits per heavy atom. The van der Waals surface area contributed by atoms with Crippen LogP contribution in [0.2, 0.25) is 0 Å². The average molecular weight is 181 g/mol. The lowest BCUT2D eigenvalue weighted by molar-refractivity contribution is 0.276. The van der Waals surface area contributed by atoms with Crippen LogP contribution < -0.4 is 17.2 Å². The summed E-state index contributed by atoms with van der Waals surface area (Å²) in [5.74, 6) is 0. The van der Waals surface area contributed by atoms with Crippen LogP contribution >= 0.6 is 0 Å². The molecule has 4 nitrogen and oxygen atoms in total. The molecule has 0 amide bonds. The van der Waals surface area contributed by atoms with Crippen molar-refractivity contribution in [2.75, 3.05) is 18.1 Å². The van der Waals surface area contributed by atoms with E-state index in [-0.39, 0.29) is 12.6 Å². The first-order chi connectivity index (χ1) is 6.15. The Labute approximate surface area is 77.3 Å². The Morgan fingerprint density at radius 2 is 2.00 bits per heavy atom. The van der Waals surface area contributed by atoms with Crippen molar-refractivity contribution in [2.45, 2.75) is 12.5 Å². The van der Waals surface area contributed by atoms with Gasteiger partial charge in [-0.1, -0.05) is 0 Å². The number of anilines is 2. The molecule has 0 fully saturated rings. The summed E-state index contributed by atoms with van der Waals surface area (Å²) >= 11 is 0. The third-order valence-electron chi connectivity index (χ3n) is 1.95. The smallest absolute Gasteiger partial charge is 0.0449 e. The van der Waals surface area contributed by atoms with E-state index in [0.29, 0.717) is 17.8 Å². The topological polar surface area (TPSA) is 98.3 Å². The van der Waals surface area contributed by atoms with E-state index >= 15 is 0 Å². The molecule has 1 rings (SSSR count). The minimum atomic E-state index is -0.242. The normalized spacial score (nSPS) is 12.8. The van der Waals surface area contributed by atoms with Gasteiger partial charge in [0.05, 0.1) is 0 Å². The van der Waals surface area contributed by atoms with E-state index in [0.717, 1.165) is 5.56 Å². The van der Waals surface area contributed by atoms with Gasteiger partial charge in [0.2, 0.25) is 0 Å². The summed E-state index contributed by atoms with van der Waals surface area (Å²) in [7, 11) is 0. The Balaban J connectivity index is 2.91. The summed E-state index contributed by atoms with van der Waals surface area (Å²) in [5, 5.41) is 8.71. The lowest BCUT2D eigenvalue weighted by Crippen LogP contribution is -2.14. The van der Waals surface area contributed by atoms with Gasteiger partial charge in [0.1, 0.15) is 0 Å². The number of aliphatic hydroxyl groups excluding tert-OH is 1. The minimum Gasteiger partial charge on any atom is -0.399 e. The molecule has 72 valence electrons. The summed E-state index contributed by atoms with van der Waals surface area (Å²) in [5.41, 5.74) is 19.1. The zero-order valence-corrected chi connectivity index (χ0v) is 7.40. The summed E-state index contributed by atoms with van der Waals surface area (Å²) in [4.78, 5) is 0. The molecule has 0 heterocycles. The predicted octanol–water partition coefficient (Wildman–Crippen LogP) is 0.233. The molecule has 4 heteroatoms. The number of rotatable bonds is 3. The van der Waals surface area contributed by atoms with Crippen LogP contribution in [-0.4, -0.2) is 11.7 Å². The largest absolute Gasteiger partial charge is 0.399 e. The Morgan fingerprint density at radius 1 is 1.31 bits per heavy atom. The van der Waals surface area contributed by atoms with Crippen molar-refractivity contribution < 1.29 is 5.11 Å². The first-order valence-electron chi connectivity index (χ1n) is 4.16. The highest BCUT2D eigenvalue weighted by atomic mass is 16.3. The monoisotopic (exact) mass is 181 g/mol. The molecule has 0 aliphatic heterocycles. The van der Waals surface area contributed by atoms with E-state index in [1.807, 2.05) is 0 Å². The standard InChI is InChI=1S/C9H15N3O/c10-6-1-2-8(11)7(5-6)9(12)3-4-13/h1-2,5,9,13H,3-4,10-12H2/t9-/m1/s1. The summed E-state index contributed by atoms with van der Waals surface area (Å²) in [6.45, 7) is 0.0510. The Kier molecular flexibility index (Phi) is 3.11. The van der Waals surface area contributed by atoms with Crippen molar-refractivity contribution in [3.63, 3.8) is 0 Å². The number of hydrogen-bond donors (Lipinski definition) is 4. The quantitative estimate of drug-likeness (QED) is 0.502. The second kappa shape index (κ2) is 4.11. The van der Waals surface area contributed by atoms with Gasteiger partial charge in [-0.3, -0.25) is 0 Å². The van der Waals surface area contributed by atoms with E-state index in [9.17, 15) is 0 Å². The molecule has 0 radical (unpaired) electrons. The fraction of sp³-hybridized carbons (Fsp3) is 0.333. The Hall–Kier alpha value is -1.26.